The van der Waals surface area contributed by atoms with E-state index in [0.717, 1.165) is 5.56 Å². The molecule has 2 aromatic rings. The summed E-state index contributed by atoms with van der Waals surface area (Å²) in [5.74, 6) is -0.287. The molecule has 2 N–H and O–H groups in total. The molecule has 0 aliphatic carbocycles. The van der Waals surface area contributed by atoms with Crippen LogP contribution in [0.1, 0.15) is 25.0 Å². The minimum Gasteiger partial charge on any atom is -0.383 e. The van der Waals surface area contributed by atoms with Crippen LogP contribution in [-0.4, -0.2) is 27.3 Å². The van der Waals surface area contributed by atoms with E-state index in [1.54, 1.807) is 31.0 Å². The summed E-state index contributed by atoms with van der Waals surface area (Å²) < 4.78 is 1.62. The van der Waals surface area contributed by atoms with Gasteiger partial charge in [0.15, 0.2) is 0 Å². The molecule has 0 aliphatic heterocycles. The molecule has 2 unspecified atom stereocenters. The smallest absolute Gasteiger partial charge is 0.223 e. The van der Waals surface area contributed by atoms with Crippen molar-refractivity contribution in [2.45, 2.75) is 25.9 Å². The first-order chi connectivity index (χ1) is 10.8. The number of hydrogen-bond donors (Lipinski definition) is 2. The van der Waals surface area contributed by atoms with Gasteiger partial charge in [-0.1, -0.05) is 30.7 Å². The van der Waals surface area contributed by atoms with Gasteiger partial charge in [0.1, 0.15) is 5.60 Å². The number of carbonyl (C=O) groups excluding carboxylic acids is 1. The lowest BCUT2D eigenvalue weighted by atomic mass is 9.97. The Hall–Kier alpha value is -1.85. The van der Waals surface area contributed by atoms with Crippen molar-refractivity contribution in [3.63, 3.8) is 0 Å². The Kier molecular flexibility index (Phi) is 5.44. The molecule has 0 aliphatic rings. The van der Waals surface area contributed by atoms with E-state index >= 15 is 0 Å². The molecule has 0 bridgehead atoms. The van der Waals surface area contributed by atoms with Gasteiger partial charge in [0.2, 0.25) is 5.91 Å². The second-order valence-electron chi connectivity index (χ2n) is 6.13. The summed E-state index contributed by atoms with van der Waals surface area (Å²) in [5, 5.41) is 18.0. The lowest BCUT2D eigenvalue weighted by Crippen LogP contribution is -2.41. The fourth-order valence-corrected chi connectivity index (χ4v) is 2.43. The molecular formula is C17H22ClN3O2. The van der Waals surface area contributed by atoms with E-state index < -0.39 is 5.60 Å². The van der Waals surface area contributed by atoms with Crippen LogP contribution in [0.15, 0.2) is 36.7 Å². The van der Waals surface area contributed by atoms with Gasteiger partial charge < -0.3 is 10.4 Å². The second-order valence-corrected chi connectivity index (χ2v) is 6.56. The predicted molar refractivity (Wildman–Crippen MR) is 90.1 cm³/mol. The van der Waals surface area contributed by atoms with Gasteiger partial charge in [-0.15, -0.1) is 0 Å². The Morgan fingerprint density at radius 2 is 2.09 bits per heavy atom. The van der Waals surface area contributed by atoms with Crippen LogP contribution >= 0.6 is 11.6 Å². The third kappa shape index (κ3) is 4.81. The van der Waals surface area contributed by atoms with Crippen molar-refractivity contribution in [2.24, 2.45) is 13.0 Å². The van der Waals surface area contributed by atoms with Gasteiger partial charge >= 0.3 is 0 Å². The van der Waals surface area contributed by atoms with E-state index in [1.165, 1.54) is 0 Å². The molecule has 0 spiro atoms. The minimum atomic E-state index is -1.15. The van der Waals surface area contributed by atoms with Gasteiger partial charge in [-0.2, -0.15) is 5.10 Å². The normalized spacial score (nSPS) is 15.0. The van der Waals surface area contributed by atoms with Gasteiger partial charge in [-0.3, -0.25) is 9.48 Å². The maximum Gasteiger partial charge on any atom is 0.223 e. The SMILES string of the molecule is CC(Cc1ccc(Cl)cc1)C(=O)NCC(C)(O)c1cnn(C)c1. The highest BCUT2D eigenvalue weighted by atomic mass is 35.5. The van der Waals surface area contributed by atoms with E-state index in [1.807, 2.05) is 31.2 Å². The summed E-state index contributed by atoms with van der Waals surface area (Å²) in [6, 6.07) is 7.46. The van der Waals surface area contributed by atoms with E-state index in [4.69, 9.17) is 11.6 Å². The number of aliphatic hydroxyl groups is 1. The van der Waals surface area contributed by atoms with Crippen molar-refractivity contribution in [2.75, 3.05) is 6.54 Å². The standard InChI is InChI=1S/C17H22ClN3O2/c1-12(8-13-4-6-15(18)7-5-13)16(22)19-11-17(2,23)14-9-20-21(3)10-14/h4-7,9-10,12,23H,8,11H2,1-3H3,(H,19,22). The maximum atomic E-state index is 12.2. The summed E-state index contributed by atoms with van der Waals surface area (Å²) in [4.78, 5) is 12.2. The van der Waals surface area contributed by atoms with Crippen molar-refractivity contribution in [3.05, 3.63) is 52.8 Å². The number of hydrogen-bond acceptors (Lipinski definition) is 3. The number of benzene rings is 1. The van der Waals surface area contributed by atoms with Crippen LogP contribution in [0.4, 0.5) is 0 Å². The van der Waals surface area contributed by atoms with Crippen LogP contribution in [-0.2, 0) is 23.9 Å². The highest BCUT2D eigenvalue weighted by Gasteiger charge is 2.26. The number of nitrogens with one attached hydrogen (secondary N) is 1. The Morgan fingerprint density at radius 1 is 1.43 bits per heavy atom. The summed E-state index contributed by atoms with van der Waals surface area (Å²) in [5.41, 5.74) is 0.575. The minimum absolute atomic E-state index is 0.0934. The Labute approximate surface area is 141 Å². The van der Waals surface area contributed by atoms with Crippen molar-refractivity contribution in [1.82, 2.24) is 15.1 Å². The number of aryl methyl sites for hydroxylation is 1. The molecule has 5 nitrogen and oxygen atoms in total. The third-order valence-electron chi connectivity index (χ3n) is 3.84. The first-order valence-corrected chi connectivity index (χ1v) is 7.89. The lowest BCUT2D eigenvalue weighted by Gasteiger charge is -2.23. The van der Waals surface area contributed by atoms with Gasteiger partial charge in [0.25, 0.3) is 0 Å². The molecule has 1 amide bonds. The molecule has 1 aromatic carbocycles. The summed E-state index contributed by atoms with van der Waals surface area (Å²) in [6.45, 7) is 3.67. The van der Waals surface area contributed by atoms with E-state index in [2.05, 4.69) is 10.4 Å². The highest BCUT2D eigenvalue weighted by Crippen LogP contribution is 2.19. The summed E-state index contributed by atoms with van der Waals surface area (Å²) >= 11 is 5.86. The van der Waals surface area contributed by atoms with E-state index in [0.29, 0.717) is 17.0 Å². The Bertz CT molecular complexity index is 665. The number of amides is 1. The summed E-state index contributed by atoms with van der Waals surface area (Å²) in [7, 11) is 1.78. The van der Waals surface area contributed by atoms with Crippen molar-refractivity contribution >= 4 is 17.5 Å². The molecule has 0 saturated carbocycles. The quantitative estimate of drug-likeness (QED) is 0.851. The lowest BCUT2D eigenvalue weighted by molar-refractivity contribution is -0.125. The van der Waals surface area contributed by atoms with E-state index in [-0.39, 0.29) is 18.4 Å². The Morgan fingerprint density at radius 3 is 2.65 bits per heavy atom. The fourth-order valence-electron chi connectivity index (χ4n) is 2.30. The fraction of sp³-hybridized carbons (Fsp3) is 0.412. The van der Waals surface area contributed by atoms with Crippen molar-refractivity contribution in [3.8, 4) is 0 Å². The molecule has 6 heteroatoms. The maximum absolute atomic E-state index is 12.2. The van der Waals surface area contributed by atoms with Crippen LogP contribution in [0.25, 0.3) is 0 Å². The van der Waals surface area contributed by atoms with Gasteiger partial charge in [0.05, 0.1) is 12.7 Å². The van der Waals surface area contributed by atoms with Gasteiger partial charge in [0, 0.05) is 29.7 Å². The zero-order valence-electron chi connectivity index (χ0n) is 13.6. The molecule has 2 atom stereocenters. The largest absolute Gasteiger partial charge is 0.383 e. The number of aromatic nitrogens is 2. The number of carbonyl (C=O) groups is 1. The molecule has 0 radical (unpaired) electrons. The molecule has 0 fully saturated rings. The molecule has 2 rings (SSSR count). The predicted octanol–water partition coefficient (Wildman–Crippen LogP) is 2.28. The monoisotopic (exact) mass is 335 g/mol. The van der Waals surface area contributed by atoms with Crippen LogP contribution in [0.2, 0.25) is 5.02 Å². The van der Waals surface area contributed by atoms with Crippen LogP contribution in [0.5, 0.6) is 0 Å². The molecule has 0 saturated heterocycles. The van der Waals surface area contributed by atoms with Crippen molar-refractivity contribution in [1.29, 1.82) is 0 Å². The molecule has 124 valence electrons. The van der Waals surface area contributed by atoms with Gasteiger partial charge in [-0.05, 0) is 31.0 Å². The zero-order valence-corrected chi connectivity index (χ0v) is 14.3. The number of halogens is 1. The highest BCUT2D eigenvalue weighted by molar-refractivity contribution is 6.30. The second kappa shape index (κ2) is 7.15. The molecular weight excluding hydrogens is 314 g/mol. The van der Waals surface area contributed by atoms with Crippen molar-refractivity contribution < 1.29 is 9.90 Å². The molecule has 23 heavy (non-hydrogen) atoms. The topological polar surface area (TPSA) is 67.2 Å². The first kappa shape index (κ1) is 17.5. The van der Waals surface area contributed by atoms with Crippen LogP contribution in [0, 0.1) is 5.92 Å². The first-order valence-electron chi connectivity index (χ1n) is 7.51. The van der Waals surface area contributed by atoms with Crippen LogP contribution in [0.3, 0.4) is 0 Å². The number of nitrogens with zero attached hydrogens (tertiary/aromatic N) is 2. The third-order valence-corrected chi connectivity index (χ3v) is 4.09. The molecule has 1 heterocycles. The van der Waals surface area contributed by atoms with Gasteiger partial charge in [-0.25, -0.2) is 0 Å². The van der Waals surface area contributed by atoms with Crippen LogP contribution < -0.4 is 5.32 Å². The summed E-state index contributed by atoms with van der Waals surface area (Å²) in [6.07, 6.45) is 3.96. The number of rotatable bonds is 6. The van der Waals surface area contributed by atoms with E-state index in [9.17, 15) is 9.90 Å². The zero-order chi connectivity index (χ0) is 17.0. The average Bonchev–Trinajstić information content (AvgIpc) is 2.94. The Balaban J connectivity index is 1.89. The average molecular weight is 336 g/mol. The molecule has 1 aromatic heterocycles.